The molecule has 3 heteroatoms. The molecule has 0 N–H and O–H groups in total. The molecule has 0 saturated carbocycles. The van der Waals surface area contributed by atoms with Gasteiger partial charge in [-0.1, -0.05) is 36.4 Å². The van der Waals surface area contributed by atoms with E-state index in [1.807, 2.05) is 30.3 Å². The Balaban J connectivity index is 2.03. The number of rotatable bonds is 1. The molecule has 1 aliphatic rings. The smallest absolute Gasteiger partial charge is 0.177 e. The van der Waals surface area contributed by atoms with E-state index in [0.717, 1.165) is 5.56 Å². The van der Waals surface area contributed by atoms with Crippen LogP contribution in [0.25, 0.3) is 0 Å². The second-order valence-electron chi connectivity index (χ2n) is 4.26. The number of carbonyl (C=O) groups excluding carboxylic acids is 1. The third kappa shape index (κ3) is 1.68. The Bertz CT molecular complexity index is 593. The van der Waals surface area contributed by atoms with E-state index in [9.17, 15) is 9.18 Å². The topological polar surface area (TPSA) is 26.3 Å². The molecule has 0 bridgehead atoms. The molecule has 0 amide bonds. The lowest BCUT2D eigenvalue weighted by atomic mass is 9.89. The van der Waals surface area contributed by atoms with Crippen LogP contribution in [0.1, 0.15) is 21.8 Å². The van der Waals surface area contributed by atoms with E-state index in [-0.39, 0.29) is 24.1 Å². The first-order chi connectivity index (χ1) is 8.77. The first-order valence-electron chi connectivity index (χ1n) is 5.78. The molecule has 0 radical (unpaired) electrons. The number of Topliss-reactive ketones (excluding diaryl/α,β-unsaturated/α-hetero) is 1. The van der Waals surface area contributed by atoms with Gasteiger partial charge in [0.25, 0.3) is 0 Å². The van der Waals surface area contributed by atoms with Gasteiger partial charge < -0.3 is 4.74 Å². The zero-order chi connectivity index (χ0) is 12.5. The molecule has 0 aromatic heterocycles. The maximum Gasteiger partial charge on any atom is 0.177 e. The van der Waals surface area contributed by atoms with E-state index in [0.29, 0.717) is 5.56 Å². The molecule has 1 aliphatic heterocycles. The summed E-state index contributed by atoms with van der Waals surface area (Å²) in [6.45, 7) is 0.191. The molecule has 90 valence electrons. The molecule has 2 aromatic rings. The minimum Gasteiger partial charge on any atom is -0.489 e. The number of fused-ring (bicyclic) bond motifs is 1. The first kappa shape index (κ1) is 11.0. The summed E-state index contributed by atoms with van der Waals surface area (Å²) in [6.07, 6.45) is 0. The van der Waals surface area contributed by atoms with Gasteiger partial charge in [0.15, 0.2) is 17.3 Å². The lowest BCUT2D eigenvalue weighted by molar-refractivity contribution is 0.0891. The van der Waals surface area contributed by atoms with Gasteiger partial charge in [-0.15, -0.1) is 0 Å². The van der Waals surface area contributed by atoms with Crippen molar-refractivity contribution in [2.24, 2.45) is 0 Å². The summed E-state index contributed by atoms with van der Waals surface area (Å²) in [5.41, 5.74) is 1.23. The standard InChI is InChI=1S/C15H11FO2/c16-13-8-4-7-11-14(17)12(9-18-15(11)13)10-5-2-1-3-6-10/h1-8,12H,9H2/t12-/m0/s1. The third-order valence-electron chi connectivity index (χ3n) is 3.15. The summed E-state index contributed by atoms with van der Waals surface area (Å²) in [5, 5.41) is 0. The molecule has 0 unspecified atom stereocenters. The Kier molecular flexibility index (Phi) is 2.59. The molecule has 0 saturated heterocycles. The lowest BCUT2D eigenvalue weighted by Crippen LogP contribution is -2.26. The van der Waals surface area contributed by atoms with E-state index >= 15 is 0 Å². The quantitative estimate of drug-likeness (QED) is 0.767. The minimum atomic E-state index is -0.479. The number of benzene rings is 2. The Hall–Kier alpha value is -2.16. The number of halogens is 1. The SMILES string of the molecule is O=C1c2cccc(F)c2OC[C@H]1c1ccccc1. The van der Waals surface area contributed by atoms with Gasteiger partial charge in [-0.05, 0) is 17.7 Å². The zero-order valence-electron chi connectivity index (χ0n) is 9.60. The molecule has 2 nitrogen and oxygen atoms in total. The molecule has 3 rings (SSSR count). The number of ether oxygens (including phenoxy) is 1. The summed E-state index contributed by atoms with van der Waals surface area (Å²) < 4.78 is 18.9. The molecule has 1 atom stereocenters. The van der Waals surface area contributed by atoms with Gasteiger partial charge in [-0.2, -0.15) is 0 Å². The van der Waals surface area contributed by atoms with Crippen LogP contribution >= 0.6 is 0 Å². The zero-order valence-corrected chi connectivity index (χ0v) is 9.60. The highest BCUT2D eigenvalue weighted by Crippen LogP contribution is 2.33. The van der Waals surface area contributed by atoms with Crippen molar-refractivity contribution in [2.45, 2.75) is 5.92 Å². The van der Waals surface area contributed by atoms with Crippen molar-refractivity contribution in [1.29, 1.82) is 0 Å². The highest BCUT2D eigenvalue weighted by molar-refractivity contribution is 6.04. The van der Waals surface area contributed by atoms with E-state index in [2.05, 4.69) is 0 Å². The molecule has 0 aliphatic carbocycles. The summed E-state index contributed by atoms with van der Waals surface area (Å²) >= 11 is 0. The average Bonchev–Trinajstić information content (AvgIpc) is 2.41. The van der Waals surface area contributed by atoms with Crippen molar-refractivity contribution >= 4 is 5.78 Å². The van der Waals surface area contributed by atoms with Crippen LogP contribution in [0.2, 0.25) is 0 Å². The van der Waals surface area contributed by atoms with Gasteiger partial charge >= 0.3 is 0 Å². The average molecular weight is 242 g/mol. The summed E-state index contributed by atoms with van der Waals surface area (Å²) in [5.74, 6) is -0.829. The molecular weight excluding hydrogens is 231 g/mol. The van der Waals surface area contributed by atoms with Crippen LogP contribution in [0.5, 0.6) is 5.75 Å². The Morgan fingerprint density at radius 2 is 1.83 bits per heavy atom. The van der Waals surface area contributed by atoms with Crippen molar-refractivity contribution < 1.29 is 13.9 Å². The highest BCUT2D eigenvalue weighted by atomic mass is 19.1. The van der Waals surface area contributed by atoms with E-state index < -0.39 is 5.82 Å². The van der Waals surface area contributed by atoms with Crippen LogP contribution in [0.3, 0.4) is 0 Å². The fraction of sp³-hybridized carbons (Fsp3) is 0.133. The van der Waals surface area contributed by atoms with Crippen LogP contribution in [0.15, 0.2) is 48.5 Å². The maximum absolute atomic E-state index is 13.5. The van der Waals surface area contributed by atoms with Gasteiger partial charge in [-0.3, -0.25) is 4.79 Å². The Labute approximate surface area is 104 Å². The fourth-order valence-electron chi connectivity index (χ4n) is 2.21. The van der Waals surface area contributed by atoms with Gasteiger partial charge in [-0.25, -0.2) is 4.39 Å². The van der Waals surface area contributed by atoms with Crippen molar-refractivity contribution in [3.63, 3.8) is 0 Å². The monoisotopic (exact) mass is 242 g/mol. The van der Waals surface area contributed by atoms with Gasteiger partial charge in [0.1, 0.15) is 6.61 Å². The van der Waals surface area contributed by atoms with Crippen LogP contribution < -0.4 is 4.74 Å². The second-order valence-corrected chi connectivity index (χ2v) is 4.26. The predicted molar refractivity (Wildman–Crippen MR) is 65.4 cm³/mol. The number of para-hydroxylation sites is 1. The van der Waals surface area contributed by atoms with E-state index in [4.69, 9.17) is 4.74 Å². The van der Waals surface area contributed by atoms with Crippen LogP contribution in [-0.4, -0.2) is 12.4 Å². The fourth-order valence-corrected chi connectivity index (χ4v) is 2.21. The van der Waals surface area contributed by atoms with Crippen molar-refractivity contribution in [3.8, 4) is 5.75 Å². The highest BCUT2D eigenvalue weighted by Gasteiger charge is 2.31. The number of hydrogen-bond donors (Lipinski definition) is 0. The number of hydrogen-bond acceptors (Lipinski definition) is 2. The summed E-state index contributed by atoms with van der Waals surface area (Å²) in [7, 11) is 0. The third-order valence-corrected chi connectivity index (χ3v) is 3.15. The second kappa shape index (κ2) is 4.26. The number of carbonyl (C=O) groups is 1. The molecule has 1 heterocycles. The van der Waals surface area contributed by atoms with Crippen LogP contribution in [0, 0.1) is 5.82 Å². The largest absolute Gasteiger partial charge is 0.489 e. The van der Waals surface area contributed by atoms with Crippen molar-refractivity contribution in [2.75, 3.05) is 6.61 Å². The lowest BCUT2D eigenvalue weighted by Gasteiger charge is -2.24. The molecule has 18 heavy (non-hydrogen) atoms. The maximum atomic E-state index is 13.5. The van der Waals surface area contributed by atoms with Crippen LogP contribution in [0.4, 0.5) is 4.39 Å². The minimum absolute atomic E-state index is 0.0784. The van der Waals surface area contributed by atoms with Gasteiger partial charge in [0.05, 0.1) is 11.5 Å². The molecule has 0 spiro atoms. The molecule has 2 aromatic carbocycles. The summed E-state index contributed by atoms with van der Waals surface area (Å²) in [6, 6.07) is 13.9. The normalized spacial score (nSPS) is 18.1. The summed E-state index contributed by atoms with van der Waals surface area (Å²) in [4.78, 5) is 12.3. The van der Waals surface area contributed by atoms with E-state index in [1.165, 1.54) is 12.1 Å². The van der Waals surface area contributed by atoms with E-state index in [1.54, 1.807) is 6.07 Å². The Morgan fingerprint density at radius 1 is 1.06 bits per heavy atom. The van der Waals surface area contributed by atoms with Gasteiger partial charge in [0, 0.05) is 0 Å². The number of ketones is 1. The molecule has 0 fully saturated rings. The molecular formula is C15H11FO2. The van der Waals surface area contributed by atoms with Crippen molar-refractivity contribution in [1.82, 2.24) is 0 Å². The predicted octanol–water partition coefficient (Wildman–Crippen LogP) is 3.18. The Morgan fingerprint density at radius 3 is 2.61 bits per heavy atom. The van der Waals surface area contributed by atoms with Crippen LogP contribution in [-0.2, 0) is 0 Å². The first-order valence-corrected chi connectivity index (χ1v) is 5.78. The van der Waals surface area contributed by atoms with Gasteiger partial charge in [0.2, 0.25) is 0 Å². The van der Waals surface area contributed by atoms with Crippen molar-refractivity contribution in [3.05, 3.63) is 65.5 Å².